The molecule has 3 aromatic rings. The van der Waals surface area contributed by atoms with Gasteiger partial charge < -0.3 is 15.3 Å². The molecule has 2 aliphatic heterocycles. The maximum absolute atomic E-state index is 12.7. The van der Waals surface area contributed by atoms with Crippen molar-refractivity contribution in [1.29, 1.82) is 0 Å². The smallest absolute Gasteiger partial charge is 0.261 e. The minimum absolute atomic E-state index is 0.0327. The van der Waals surface area contributed by atoms with Crippen LogP contribution in [0.25, 0.3) is 0 Å². The lowest BCUT2D eigenvalue weighted by Crippen LogP contribution is -2.53. The lowest BCUT2D eigenvalue weighted by molar-refractivity contribution is 0.0620. The molecule has 0 bridgehead atoms. The van der Waals surface area contributed by atoms with Gasteiger partial charge in [-0.15, -0.1) is 0 Å². The number of nitrogens with one attached hydrogen (secondary N) is 1. The van der Waals surface area contributed by atoms with Gasteiger partial charge in [0.1, 0.15) is 5.84 Å². The van der Waals surface area contributed by atoms with Crippen LogP contribution in [-0.2, 0) is 6.54 Å². The number of amides is 2. The van der Waals surface area contributed by atoms with E-state index >= 15 is 0 Å². The van der Waals surface area contributed by atoms with Crippen molar-refractivity contribution >= 4 is 17.6 Å². The SMILES string of the molecule is CC(C)(C)[C@@H](NCC(O)CCN1C(=O)c2ccccc2C1=O)C1=NC(c2ccccc2)CN1Cc1ccccc1. The second kappa shape index (κ2) is 11.7. The average molecular weight is 539 g/mol. The molecule has 3 atom stereocenters. The number of amidine groups is 1. The highest BCUT2D eigenvalue weighted by molar-refractivity contribution is 6.21. The highest BCUT2D eigenvalue weighted by atomic mass is 16.3. The molecule has 2 amide bonds. The Balaban J connectivity index is 1.28. The summed E-state index contributed by atoms with van der Waals surface area (Å²) in [5, 5.41) is 14.5. The van der Waals surface area contributed by atoms with Gasteiger partial charge >= 0.3 is 0 Å². The maximum atomic E-state index is 12.7. The predicted molar refractivity (Wildman–Crippen MR) is 157 cm³/mol. The number of aliphatic hydroxyl groups is 1. The fraction of sp³-hybridized carbons (Fsp3) is 0.364. The number of fused-ring (bicyclic) bond motifs is 1. The molecule has 2 unspecified atom stereocenters. The first kappa shape index (κ1) is 27.7. The normalized spacial score (nSPS) is 18.6. The summed E-state index contributed by atoms with van der Waals surface area (Å²) in [4.78, 5) is 34.2. The molecular weight excluding hydrogens is 500 g/mol. The van der Waals surface area contributed by atoms with Gasteiger partial charge in [-0.05, 0) is 35.1 Å². The number of aliphatic imine (C=N–C) groups is 1. The predicted octanol–water partition coefficient (Wildman–Crippen LogP) is 4.69. The number of carbonyl (C=O) groups is 2. The van der Waals surface area contributed by atoms with Crippen LogP contribution >= 0.6 is 0 Å². The van der Waals surface area contributed by atoms with Crippen LogP contribution in [0, 0.1) is 5.41 Å². The molecule has 7 nitrogen and oxygen atoms in total. The van der Waals surface area contributed by atoms with Gasteiger partial charge in [0.15, 0.2) is 0 Å². The molecule has 3 aromatic carbocycles. The zero-order chi connectivity index (χ0) is 28.3. The van der Waals surface area contributed by atoms with Crippen LogP contribution in [0.1, 0.15) is 65.1 Å². The van der Waals surface area contributed by atoms with Crippen LogP contribution < -0.4 is 5.32 Å². The first-order valence-electron chi connectivity index (χ1n) is 14.0. The van der Waals surface area contributed by atoms with E-state index in [2.05, 4.69) is 79.5 Å². The van der Waals surface area contributed by atoms with Gasteiger partial charge in [-0.3, -0.25) is 19.5 Å². The van der Waals surface area contributed by atoms with Crippen LogP contribution in [0.5, 0.6) is 0 Å². The van der Waals surface area contributed by atoms with E-state index in [1.807, 2.05) is 12.1 Å². The van der Waals surface area contributed by atoms with Gasteiger partial charge in [-0.1, -0.05) is 93.6 Å². The monoisotopic (exact) mass is 538 g/mol. The molecule has 40 heavy (non-hydrogen) atoms. The first-order chi connectivity index (χ1) is 19.2. The number of hydrogen-bond donors (Lipinski definition) is 2. The van der Waals surface area contributed by atoms with Crippen molar-refractivity contribution in [3.63, 3.8) is 0 Å². The standard InChI is InChI=1S/C33H38N4O3/c1-33(2,3)29(34-20-25(38)18-19-37-31(39)26-16-10-11-17-27(26)32(37)40)30-35-28(24-14-8-5-9-15-24)22-36(30)21-23-12-6-4-7-13-23/h4-17,25,28-29,34,38H,18-22H2,1-3H3/t25?,28?,29-/m0/s1. The highest BCUT2D eigenvalue weighted by Crippen LogP contribution is 2.32. The highest BCUT2D eigenvalue weighted by Gasteiger charge is 2.38. The van der Waals surface area contributed by atoms with Gasteiger partial charge in [0.2, 0.25) is 0 Å². The number of hydrogen-bond acceptors (Lipinski definition) is 6. The Labute approximate surface area is 236 Å². The van der Waals surface area contributed by atoms with Crippen molar-refractivity contribution < 1.29 is 14.7 Å². The first-order valence-corrected chi connectivity index (χ1v) is 14.0. The Bertz CT molecular complexity index is 1330. The van der Waals surface area contributed by atoms with E-state index in [4.69, 9.17) is 4.99 Å². The van der Waals surface area contributed by atoms with Crippen LogP contribution in [0.4, 0.5) is 0 Å². The molecule has 0 spiro atoms. The molecule has 2 heterocycles. The third-order valence-electron chi connectivity index (χ3n) is 7.65. The minimum Gasteiger partial charge on any atom is -0.392 e. The van der Waals surface area contributed by atoms with Crippen molar-refractivity contribution in [3.8, 4) is 0 Å². The minimum atomic E-state index is -0.733. The lowest BCUT2D eigenvalue weighted by atomic mass is 9.85. The molecular formula is C33H38N4O3. The van der Waals surface area contributed by atoms with Gasteiger partial charge in [0.25, 0.3) is 11.8 Å². The fourth-order valence-corrected chi connectivity index (χ4v) is 5.51. The van der Waals surface area contributed by atoms with E-state index in [0.29, 0.717) is 24.1 Å². The second-order valence-electron chi connectivity index (χ2n) is 11.7. The summed E-state index contributed by atoms with van der Waals surface area (Å²) in [7, 11) is 0. The molecule has 0 aromatic heterocycles. The van der Waals surface area contributed by atoms with Crippen molar-refractivity contribution in [2.75, 3.05) is 19.6 Å². The summed E-state index contributed by atoms with van der Waals surface area (Å²) in [5.41, 5.74) is 3.08. The molecule has 0 saturated carbocycles. The number of nitrogens with zero attached hydrogens (tertiary/aromatic N) is 3. The Hall–Kier alpha value is -3.81. The average Bonchev–Trinajstić information content (AvgIpc) is 3.46. The molecule has 0 radical (unpaired) electrons. The maximum Gasteiger partial charge on any atom is 0.261 e. The topological polar surface area (TPSA) is 85.2 Å². The quantitative estimate of drug-likeness (QED) is 0.366. The number of carbonyl (C=O) groups excluding carboxylic acids is 2. The third-order valence-corrected chi connectivity index (χ3v) is 7.65. The number of rotatable bonds is 10. The molecule has 0 aliphatic carbocycles. The Morgan fingerprint density at radius 2 is 1.48 bits per heavy atom. The van der Waals surface area contributed by atoms with Crippen molar-refractivity contribution in [2.24, 2.45) is 10.4 Å². The van der Waals surface area contributed by atoms with E-state index in [1.54, 1.807) is 24.3 Å². The number of imide groups is 1. The van der Waals surface area contributed by atoms with Crippen LogP contribution in [0.3, 0.4) is 0 Å². The summed E-state index contributed by atoms with van der Waals surface area (Å²) < 4.78 is 0. The van der Waals surface area contributed by atoms with Crippen LogP contribution in [-0.4, -0.2) is 64.3 Å². The number of aliphatic hydroxyl groups excluding tert-OH is 1. The van der Waals surface area contributed by atoms with Crippen molar-refractivity contribution in [3.05, 3.63) is 107 Å². The van der Waals surface area contributed by atoms with Crippen LogP contribution in [0.2, 0.25) is 0 Å². The van der Waals surface area contributed by atoms with E-state index in [1.165, 1.54) is 16.0 Å². The molecule has 7 heteroatoms. The second-order valence-corrected chi connectivity index (χ2v) is 11.7. The lowest BCUT2D eigenvalue weighted by Gasteiger charge is -2.36. The Morgan fingerprint density at radius 3 is 2.08 bits per heavy atom. The summed E-state index contributed by atoms with van der Waals surface area (Å²) in [6.07, 6.45) is -0.439. The van der Waals surface area contributed by atoms with Gasteiger partial charge in [-0.25, -0.2) is 0 Å². The van der Waals surface area contributed by atoms with Crippen molar-refractivity contribution in [1.82, 2.24) is 15.1 Å². The molecule has 0 fully saturated rings. The summed E-state index contributed by atoms with van der Waals surface area (Å²) in [6, 6.07) is 27.6. The van der Waals surface area contributed by atoms with E-state index in [9.17, 15) is 14.7 Å². The Morgan fingerprint density at radius 1 is 0.900 bits per heavy atom. The van der Waals surface area contributed by atoms with Gasteiger partial charge in [0, 0.05) is 26.2 Å². The molecule has 0 saturated heterocycles. The molecule has 2 aliphatic rings. The van der Waals surface area contributed by atoms with E-state index in [0.717, 1.165) is 18.9 Å². The van der Waals surface area contributed by atoms with Gasteiger partial charge in [-0.2, -0.15) is 0 Å². The molecule has 208 valence electrons. The molecule has 5 rings (SSSR count). The van der Waals surface area contributed by atoms with Gasteiger partial charge in [0.05, 0.1) is 29.3 Å². The fourth-order valence-electron chi connectivity index (χ4n) is 5.51. The number of benzene rings is 3. The summed E-state index contributed by atoms with van der Waals surface area (Å²) >= 11 is 0. The summed E-state index contributed by atoms with van der Waals surface area (Å²) in [6.45, 7) is 8.55. The van der Waals surface area contributed by atoms with Crippen LogP contribution in [0.15, 0.2) is 89.9 Å². The van der Waals surface area contributed by atoms with E-state index in [-0.39, 0.29) is 35.9 Å². The zero-order valence-electron chi connectivity index (χ0n) is 23.5. The summed E-state index contributed by atoms with van der Waals surface area (Å²) in [5.74, 6) is 0.395. The Kier molecular flexibility index (Phi) is 8.14. The third kappa shape index (κ3) is 6.01. The van der Waals surface area contributed by atoms with E-state index < -0.39 is 6.10 Å². The molecule has 2 N–H and O–H groups in total. The zero-order valence-corrected chi connectivity index (χ0v) is 23.5. The largest absolute Gasteiger partial charge is 0.392 e. The van der Waals surface area contributed by atoms with Crippen molar-refractivity contribution in [2.45, 2.75) is 51.9 Å².